The highest BCUT2D eigenvalue weighted by atomic mass is 32.2. The van der Waals surface area contributed by atoms with Gasteiger partial charge in [-0.05, 0) is 24.7 Å². The summed E-state index contributed by atoms with van der Waals surface area (Å²) in [7, 11) is -1.44. The average molecular weight is 249 g/mol. The molecule has 4 nitrogen and oxygen atoms in total. The first-order chi connectivity index (χ1) is 7.43. The minimum atomic E-state index is -3.09. The van der Waals surface area contributed by atoms with Gasteiger partial charge in [-0.3, -0.25) is 0 Å². The van der Waals surface area contributed by atoms with Crippen LogP contribution in [0.5, 0.6) is 0 Å². The molecule has 0 amide bonds. The Balaban J connectivity index is 2.98. The van der Waals surface area contributed by atoms with Gasteiger partial charge >= 0.3 is 0 Å². The number of methoxy groups -OCH3 is 1. The van der Waals surface area contributed by atoms with Crippen molar-refractivity contribution in [3.05, 3.63) is 0 Å². The van der Waals surface area contributed by atoms with E-state index >= 15 is 0 Å². The zero-order valence-corrected chi connectivity index (χ0v) is 11.2. The van der Waals surface area contributed by atoms with Crippen molar-refractivity contribution in [1.29, 1.82) is 0 Å². The van der Waals surface area contributed by atoms with Crippen molar-refractivity contribution in [2.75, 3.05) is 26.0 Å². The predicted molar refractivity (Wildman–Crippen MR) is 65.0 cm³/mol. The fraction of sp³-hybridized carbons (Fsp3) is 1.00. The van der Waals surface area contributed by atoms with Crippen LogP contribution in [-0.4, -0.2) is 39.2 Å². The standard InChI is InChI=1S/C11H23NO3S/c1-4-16(13,14)11(8-12)6-10(7-15-3)5-9(11)2/h9-10H,4-8,12H2,1-3H3. The van der Waals surface area contributed by atoms with Crippen LogP contribution < -0.4 is 5.73 Å². The topological polar surface area (TPSA) is 69.4 Å². The molecule has 0 bridgehead atoms. The van der Waals surface area contributed by atoms with E-state index in [-0.39, 0.29) is 18.2 Å². The van der Waals surface area contributed by atoms with E-state index in [1.807, 2.05) is 6.92 Å². The Hall–Kier alpha value is -0.130. The van der Waals surface area contributed by atoms with Crippen LogP contribution >= 0.6 is 0 Å². The lowest BCUT2D eigenvalue weighted by Gasteiger charge is -2.31. The Morgan fingerprint density at radius 1 is 1.50 bits per heavy atom. The third-order valence-electron chi connectivity index (χ3n) is 3.97. The van der Waals surface area contributed by atoms with Gasteiger partial charge in [-0.1, -0.05) is 13.8 Å². The largest absolute Gasteiger partial charge is 0.384 e. The number of sulfone groups is 1. The summed E-state index contributed by atoms with van der Waals surface area (Å²) >= 11 is 0. The second-order valence-corrected chi connectivity index (χ2v) is 7.45. The second-order valence-electron chi connectivity index (χ2n) is 4.83. The summed E-state index contributed by atoms with van der Waals surface area (Å²) in [4.78, 5) is 0. The third kappa shape index (κ3) is 2.13. The monoisotopic (exact) mass is 249 g/mol. The molecule has 16 heavy (non-hydrogen) atoms. The Morgan fingerprint density at radius 3 is 2.56 bits per heavy atom. The number of rotatable bonds is 5. The summed E-state index contributed by atoms with van der Waals surface area (Å²) < 4.78 is 28.8. The molecular weight excluding hydrogens is 226 g/mol. The highest BCUT2D eigenvalue weighted by Crippen LogP contribution is 2.44. The predicted octanol–water partition coefficient (Wildman–Crippen LogP) is 0.811. The Morgan fingerprint density at radius 2 is 2.12 bits per heavy atom. The fourth-order valence-electron chi connectivity index (χ4n) is 2.98. The van der Waals surface area contributed by atoms with Crippen molar-refractivity contribution in [3.8, 4) is 0 Å². The Kier molecular flexibility index (Phi) is 4.37. The maximum atomic E-state index is 12.2. The molecular formula is C11H23NO3S. The number of hydrogen-bond donors (Lipinski definition) is 1. The maximum absolute atomic E-state index is 12.2. The molecule has 1 fully saturated rings. The molecule has 0 saturated heterocycles. The van der Waals surface area contributed by atoms with E-state index in [2.05, 4.69) is 0 Å². The Bertz CT molecular complexity index is 328. The molecule has 0 radical (unpaired) electrons. The van der Waals surface area contributed by atoms with Crippen LogP contribution in [0.2, 0.25) is 0 Å². The molecule has 3 unspecified atom stereocenters. The van der Waals surface area contributed by atoms with Gasteiger partial charge in [0.15, 0.2) is 9.84 Å². The van der Waals surface area contributed by atoms with Gasteiger partial charge in [-0.2, -0.15) is 0 Å². The molecule has 1 aliphatic carbocycles. The summed E-state index contributed by atoms with van der Waals surface area (Å²) in [6.07, 6.45) is 1.54. The van der Waals surface area contributed by atoms with Crippen molar-refractivity contribution in [3.63, 3.8) is 0 Å². The number of ether oxygens (including phenoxy) is 1. The van der Waals surface area contributed by atoms with Crippen molar-refractivity contribution in [2.24, 2.45) is 17.6 Å². The Labute approximate surface area is 98.5 Å². The van der Waals surface area contributed by atoms with E-state index in [4.69, 9.17) is 10.5 Å². The van der Waals surface area contributed by atoms with E-state index in [0.29, 0.717) is 18.9 Å². The lowest BCUT2D eigenvalue weighted by atomic mass is 9.97. The molecule has 96 valence electrons. The first kappa shape index (κ1) is 13.9. The molecule has 1 aliphatic rings. The molecule has 2 N–H and O–H groups in total. The molecule has 0 aromatic rings. The van der Waals surface area contributed by atoms with Gasteiger partial charge < -0.3 is 10.5 Å². The van der Waals surface area contributed by atoms with E-state index in [1.54, 1.807) is 14.0 Å². The van der Waals surface area contributed by atoms with Crippen LogP contribution in [-0.2, 0) is 14.6 Å². The van der Waals surface area contributed by atoms with Crippen LogP contribution in [0, 0.1) is 11.8 Å². The minimum Gasteiger partial charge on any atom is -0.384 e. The van der Waals surface area contributed by atoms with Gasteiger partial charge in [0.25, 0.3) is 0 Å². The molecule has 0 spiro atoms. The highest BCUT2D eigenvalue weighted by Gasteiger charge is 2.52. The highest BCUT2D eigenvalue weighted by molar-refractivity contribution is 7.92. The van der Waals surface area contributed by atoms with Gasteiger partial charge in [0.1, 0.15) is 0 Å². The normalized spacial score (nSPS) is 35.5. The van der Waals surface area contributed by atoms with Crippen molar-refractivity contribution in [2.45, 2.75) is 31.4 Å². The quantitative estimate of drug-likeness (QED) is 0.783. The van der Waals surface area contributed by atoms with Gasteiger partial charge in [-0.15, -0.1) is 0 Å². The SMILES string of the molecule is CCS(=O)(=O)C1(CN)CC(COC)CC1C. The number of nitrogens with two attached hydrogens (primary N) is 1. The second kappa shape index (κ2) is 5.02. The zero-order valence-electron chi connectivity index (χ0n) is 10.4. The molecule has 5 heteroatoms. The summed E-state index contributed by atoms with van der Waals surface area (Å²) in [5, 5.41) is 0. The van der Waals surface area contributed by atoms with Gasteiger partial charge in [0, 0.05) is 26.0 Å². The lowest BCUT2D eigenvalue weighted by Crippen LogP contribution is -2.48. The molecule has 1 rings (SSSR count). The summed E-state index contributed by atoms with van der Waals surface area (Å²) in [6.45, 7) is 4.55. The van der Waals surface area contributed by atoms with E-state index in [0.717, 1.165) is 6.42 Å². The lowest BCUT2D eigenvalue weighted by molar-refractivity contribution is 0.152. The minimum absolute atomic E-state index is 0.127. The van der Waals surface area contributed by atoms with Crippen LogP contribution in [0.4, 0.5) is 0 Å². The van der Waals surface area contributed by atoms with E-state index in [9.17, 15) is 8.42 Å². The molecule has 3 atom stereocenters. The van der Waals surface area contributed by atoms with Crippen LogP contribution in [0.25, 0.3) is 0 Å². The first-order valence-electron chi connectivity index (χ1n) is 5.84. The van der Waals surface area contributed by atoms with Crippen LogP contribution in [0.15, 0.2) is 0 Å². The summed E-state index contributed by atoms with van der Waals surface area (Å²) in [6, 6.07) is 0. The first-order valence-corrected chi connectivity index (χ1v) is 7.50. The van der Waals surface area contributed by atoms with Gasteiger partial charge in [0.2, 0.25) is 0 Å². The zero-order chi connectivity index (χ0) is 12.4. The van der Waals surface area contributed by atoms with E-state index < -0.39 is 14.6 Å². The molecule has 0 aromatic carbocycles. The fourth-order valence-corrected chi connectivity index (χ4v) is 5.01. The summed E-state index contributed by atoms with van der Waals surface area (Å²) in [5.74, 6) is 0.626. The third-order valence-corrected chi connectivity index (χ3v) is 6.70. The molecule has 0 aromatic heterocycles. The van der Waals surface area contributed by atoms with Gasteiger partial charge in [-0.25, -0.2) is 8.42 Å². The summed E-state index contributed by atoms with van der Waals surface area (Å²) in [5.41, 5.74) is 5.76. The van der Waals surface area contributed by atoms with Crippen molar-refractivity contribution < 1.29 is 13.2 Å². The maximum Gasteiger partial charge on any atom is 0.157 e. The van der Waals surface area contributed by atoms with Crippen LogP contribution in [0.3, 0.4) is 0 Å². The van der Waals surface area contributed by atoms with Crippen molar-refractivity contribution in [1.82, 2.24) is 0 Å². The van der Waals surface area contributed by atoms with Gasteiger partial charge in [0.05, 0.1) is 4.75 Å². The average Bonchev–Trinajstić information content (AvgIpc) is 2.57. The van der Waals surface area contributed by atoms with E-state index in [1.165, 1.54) is 0 Å². The number of hydrogen-bond acceptors (Lipinski definition) is 4. The molecule has 0 heterocycles. The molecule has 1 saturated carbocycles. The van der Waals surface area contributed by atoms with Crippen molar-refractivity contribution >= 4 is 9.84 Å². The molecule has 0 aliphatic heterocycles. The van der Waals surface area contributed by atoms with Crippen LogP contribution in [0.1, 0.15) is 26.7 Å². The smallest absolute Gasteiger partial charge is 0.157 e.